The third-order valence-corrected chi connectivity index (χ3v) is 5.82. The molecule has 0 saturated heterocycles. The summed E-state index contributed by atoms with van der Waals surface area (Å²) in [5.74, 6) is 0.536. The highest BCUT2D eigenvalue weighted by Crippen LogP contribution is 2.29. The molecule has 190 valence electrons. The van der Waals surface area contributed by atoms with E-state index in [1.807, 2.05) is 62.6 Å². The van der Waals surface area contributed by atoms with Crippen LogP contribution in [-0.2, 0) is 0 Å². The van der Waals surface area contributed by atoms with E-state index in [0.29, 0.717) is 17.9 Å². The van der Waals surface area contributed by atoms with Crippen molar-refractivity contribution >= 4 is 17.5 Å². The summed E-state index contributed by atoms with van der Waals surface area (Å²) in [7, 11) is 8.13. The second-order valence-electron chi connectivity index (χ2n) is 9.79. The van der Waals surface area contributed by atoms with Crippen LogP contribution in [0.5, 0.6) is 5.75 Å². The van der Waals surface area contributed by atoms with Gasteiger partial charge in [0.2, 0.25) is 0 Å². The average molecular weight is 486 g/mol. The first-order chi connectivity index (χ1) is 17.2. The molecular weight excluding hydrogens is 446 g/mol. The minimum Gasteiger partial charge on any atom is -0.491 e. The molecule has 0 atom stereocenters. The molecular formula is C31H39N3O2. The van der Waals surface area contributed by atoms with Crippen LogP contribution >= 0.6 is 0 Å². The molecule has 5 heteroatoms. The summed E-state index contributed by atoms with van der Waals surface area (Å²) in [4.78, 5) is 17.5. The minimum atomic E-state index is -0.0748. The fourth-order valence-electron chi connectivity index (χ4n) is 3.91. The first-order valence-corrected chi connectivity index (χ1v) is 12.4. The molecule has 0 unspecified atom stereocenters. The van der Waals surface area contributed by atoms with Gasteiger partial charge >= 0.3 is 0 Å². The van der Waals surface area contributed by atoms with E-state index in [1.165, 1.54) is 11.1 Å². The molecule has 5 nitrogen and oxygen atoms in total. The Bertz CT molecular complexity index is 1160. The second-order valence-corrected chi connectivity index (χ2v) is 9.79. The maximum Gasteiger partial charge on any atom is 0.189 e. The van der Waals surface area contributed by atoms with Crippen molar-refractivity contribution in [2.75, 3.05) is 59.7 Å². The zero-order valence-corrected chi connectivity index (χ0v) is 22.5. The molecule has 0 bridgehead atoms. The number of ether oxygens (including phenoxy) is 1. The van der Waals surface area contributed by atoms with Crippen molar-refractivity contribution < 1.29 is 9.53 Å². The summed E-state index contributed by atoms with van der Waals surface area (Å²) in [5, 5.41) is 3.41. The summed E-state index contributed by atoms with van der Waals surface area (Å²) < 4.78 is 6.02. The summed E-state index contributed by atoms with van der Waals surface area (Å²) in [5.41, 5.74) is 7.12. The number of benzene rings is 3. The predicted molar refractivity (Wildman–Crippen MR) is 152 cm³/mol. The lowest BCUT2D eigenvalue weighted by Gasteiger charge is -2.15. The molecule has 0 amide bonds. The number of likely N-dealkylation sites (N-methyl/N-ethyl adjacent to an activating group) is 2. The number of rotatable bonds is 12. The molecule has 3 rings (SSSR count). The minimum absolute atomic E-state index is 0.0748. The maximum atomic E-state index is 13.3. The summed E-state index contributed by atoms with van der Waals surface area (Å²) >= 11 is 0. The third-order valence-electron chi connectivity index (χ3n) is 5.82. The zero-order chi connectivity index (χ0) is 26.1. The van der Waals surface area contributed by atoms with Crippen LogP contribution < -0.4 is 10.1 Å². The standard InChI is InChI=1S/C31H39N3O2/c1-23-19-24(2)21-27(20-23)26-10-14-31(36-18-17-34(5)6)29(22-26)30(35)13-9-25-7-11-28(12-8-25)32-15-16-33(3)4/h7-14,19-22,32H,15-18H2,1-6H3. The van der Waals surface area contributed by atoms with Crippen LogP contribution in [0, 0.1) is 13.8 Å². The van der Waals surface area contributed by atoms with Gasteiger partial charge in [0.05, 0.1) is 5.56 Å². The summed E-state index contributed by atoms with van der Waals surface area (Å²) in [6, 6.07) is 20.4. The van der Waals surface area contributed by atoms with Crippen molar-refractivity contribution in [2.45, 2.75) is 13.8 Å². The van der Waals surface area contributed by atoms with Crippen LogP contribution in [0.15, 0.2) is 66.7 Å². The molecule has 0 radical (unpaired) electrons. The molecule has 1 N–H and O–H groups in total. The Balaban J connectivity index is 1.81. The molecule has 0 saturated carbocycles. The lowest BCUT2D eigenvalue weighted by molar-refractivity contribution is 0.104. The van der Waals surface area contributed by atoms with E-state index in [9.17, 15) is 4.79 Å². The number of carbonyl (C=O) groups excluding carboxylic acids is 1. The molecule has 36 heavy (non-hydrogen) atoms. The number of hydrogen-bond acceptors (Lipinski definition) is 5. The predicted octanol–water partition coefficient (Wildman–Crippen LogP) is 5.78. The van der Waals surface area contributed by atoms with E-state index < -0.39 is 0 Å². The number of ketones is 1. The van der Waals surface area contributed by atoms with Gasteiger partial charge in [-0.2, -0.15) is 0 Å². The van der Waals surface area contributed by atoms with Crippen LogP contribution in [0.2, 0.25) is 0 Å². The van der Waals surface area contributed by atoms with Crippen molar-refractivity contribution in [1.29, 1.82) is 0 Å². The SMILES string of the molecule is Cc1cc(C)cc(-c2ccc(OCCN(C)C)c(C(=O)C=Cc3ccc(NCCN(C)C)cc3)c2)c1. The van der Waals surface area contributed by atoms with Gasteiger partial charge in [0.25, 0.3) is 0 Å². The Labute approximate surface area is 216 Å². The van der Waals surface area contributed by atoms with Gasteiger partial charge in [-0.15, -0.1) is 0 Å². The third kappa shape index (κ3) is 8.36. The zero-order valence-electron chi connectivity index (χ0n) is 22.5. The quantitative estimate of drug-likeness (QED) is 0.260. The number of nitrogens with one attached hydrogen (secondary N) is 1. The number of allylic oxidation sites excluding steroid dienone is 1. The molecule has 0 aliphatic rings. The highest BCUT2D eigenvalue weighted by molar-refractivity contribution is 6.09. The van der Waals surface area contributed by atoms with E-state index >= 15 is 0 Å². The van der Waals surface area contributed by atoms with Crippen molar-refractivity contribution in [3.8, 4) is 16.9 Å². The molecule has 0 fully saturated rings. The number of anilines is 1. The molecule has 3 aromatic rings. The highest BCUT2D eigenvalue weighted by atomic mass is 16.5. The molecule has 0 aromatic heterocycles. The van der Waals surface area contributed by atoms with Crippen LogP contribution in [0.4, 0.5) is 5.69 Å². The van der Waals surface area contributed by atoms with Crippen molar-refractivity contribution in [3.05, 3.63) is 89.0 Å². The van der Waals surface area contributed by atoms with Crippen LogP contribution in [0.1, 0.15) is 27.0 Å². The van der Waals surface area contributed by atoms with Crippen molar-refractivity contribution in [3.63, 3.8) is 0 Å². The normalized spacial score (nSPS) is 11.4. The van der Waals surface area contributed by atoms with Crippen LogP contribution in [0.3, 0.4) is 0 Å². The first kappa shape index (κ1) is 27.2. The lowest BCUT2D eigenvalue weighted by atomic mass is 9.97. The Morgan fingerprint density at radius 1 is 0.833 bits per heavy atom. The Morgan fingerprint density at radius 3 is 2.14 bits per heavy atom. The Hall–Kier alpha value is -3.41. The van der Waals surface area contributed by atoms with Gasteiger partial charge < -0.3 is 19.9 Å². The average Bonchev–Trinajstić information content (AvgIpc) is 2.82. The number of nitrogens with zero attached hydrogens (tertiary/aromatic N) is 2. The Kier molecular flexibility index (Phi) is 9.86. The largest absolute Gasteiger partial charge is 0.491 e. The van der Waals surface area contributed by atoms with E-state index in [0.717, 1.165) is 42.0 Å². The number of hydrogen-bond donors (Lipinski definition) is 1. The fraction of sp³-hybridized carbons (Fsp3) is 0.323. The summed E-state index contributed by atoms with van der Waals surface area (Å²) in [6.07, 6.45) is 3.49. The number of aryl methyl sites for hydroxylation is 2. The van der Waals surface area contributed by atoms with Gasteiger partial charge in [-0.1, -0.05) is 53.6 Å². The van der Waals surface area contributed by atoms with Gasteiger partial charge in [-0.3, -0.25) is 4.79 Å². The van der Waals surface area contributed by atoms with Crippen LogP contribution in [-0.4, -0.2) is 70.0 Å². The number of carbonyl (C=O) groups is 1. The topological polar surface area (TPSA) is 44.8 Å². The summed E-state index contributed by atoms with van der Waals surface area (Å²) in [6.45, 7) is 7.32. The molecule has 0 spiro atoms. The molecule has 3 aromatic carbocycles. The smallest absolute Gasteiger partial charge is 0.189 e. The van der Waals surface area contributed by atoms with Gasteiger partial charge in [-0.05, 0) is 89.1 Å². The van der Waals surface area contributed by atoms with Crippen molar-refractivity contribution in [1.82, 2.24) is 9.80 Å². The molecule has 0 aliphatic carbocycles. The lowest BCUT2D eigenvalue weighted by Crippen LogP contribution is -2.20. The second kappa shape index (κ2) is 13.1. The molecule has 0 heterocycles. The van der Waals surface area contributed by atoms with Gasteiger partial charge in [0.1, 0.15) is 12.4 Å². The van der Waals surface area contributed by atoms with Crippen LogP contribution in [0.25, 0.3) is 17.2 Å². The highest BCUT2D eigenvalue weighted by Gasteiger charge is 2.13. The molecule has 0 aliphatic heterocycles. The van der Waals surface area contributed by atoms with E-state index in [1.54, 1.807) is 6.08 Å². The Morgan fingerprint density at radius 2 is 1.50 bits per heavy atom. The fourth-order valence-corrected chi connectivity index (χ4v) is 3.91. The van der Waals surface area contributed by atoms with Gasteiger partial charge in [-0.25, -0.2) is 0 Å². The van der Waals surface area contributed by atoms with Crippen molar-refractivity contribution in [2.24, 2.45) is 0 Å². The van der Waals surface area contributed by atoms with E-state index in [2.05, 4.69) is 61.3 Å². The monoisotopic (exact) mass is 485 g/mol. The van der Waals surface area contributed by atoms with E-state index in [4.69, 9.17) is 4.74 Å². The van der Waals surface area contributed by atoms with Gasteiger partial charge in [0, 0.05) is 25.3 Å². The first-order valence-electron chi connectivity index (χ1n) is 12.4. The van der Waals surface area contributed by atoms with Gasteiger partial charge in [0.15, 0.2) is 5.78 Å². The van der Waals surface area contributed by atoms with E-state index in [-0.39, 0.29) is 5.78 Å². The maximum absolute atomic E-state index is 13.3.